The fraction of sp³-hybridized carbons (Fsp3) is 0.300. The number of hydrogen-bond acceptors (Lipinski definition) is 5. The van der Waals surface area contributed by atoms with Crippen LogP contribution in [0, 0.1) is 6.92 Å². The lowest BCUT2D eigenvalue weighted by Crippen LogP contribution is -2.34. The third kappa shape index (κ3) is 3.71. The summed E-state index contributed by atoms with van der Waals surface area (Å²) in [4.78, 5) is 27.0. The summed E-state index contributed by atoms with van der Waals surface area (Å²) >= 11 is 0. The first-order chi connectivity index (χ1) is 13.1. The van der Waals surface area contributed by atoms with Crippen LogP contribution in [0.1, 0.15) is 37.9 Å². The predicted molar refractivity (Wildman–Crippen MR) is 106 cm³/mol. The highest BCUT2D eigenvalue weighted by atomic mass is 32.2. The van der Waals surface area contributed by atoms with E-state index in [-0.39, 0.29) is 28.6 Å². The number of carbonyl (C=O) groups excluding carboxylic acids is 2. The Morgan fingerprint density at radius 2 is 1.61 bits per heavy atom. The van der Waals surface area contributed by atoms with Gasteiger partial charge in [0.2, 0.25) is 10.0 Å². The lowest BCUT2D eigenvalue weighted by molar-refractivity contribution is 0.0693. The monoisotopic (exact) mass is 401 g/mol. The molecule has 1 aliphatic heterocycles. The molecule has 0 bridgehead atoms. The topological polar surface area (TPSA) is 86.8 Å². The zero-order valence-electron chi connectivity index (χ0n) is 16.3. The molecule has 148 valence electrons. The van der Waals surface area contributed by atoms with Crippen molar-refractivity contribution >= 4 is 21.8 Å². The Kier molecular flexibility index (Phi) is 5.38. The number of hydrogen-bond donors (Lipinski definition) is 1. The molecular weight excluding hydrogens is 378 g/mol. The zero-order chi connectivity index (χ0) is 20.6. The molecule has 2 aromatic rings. The van der Waals surface area contributed by atoms with Gasteiger partial charge in [-0.1, -0.05) is 29.8 Å². The van der Waals surface area contributed by atoms with Crippen molar-refractivity contribution in [3.63, 3.8) is 0 Å². The van der Waals surface area contributed by atoms with Crippen molar-refractivity contribution in [2.75, 3.05) is 27.7 Å². The van der Waals surface area contributed by atoms with Crippen LogP contribution in [-0.4, -0.2) is 57.7 Å². The number of rotatable bonds is 6. The molecule has 2 amide bonds. The number of carbonyl (C=O) groups is 2. The number of sulfonamides is 1. The third-order valence-electron chi connectivity index (χ3n) is 4.92. The van der Waals surface area contributed by atoms with Crippen molar-refractivity contribution in [3.05, 3.63) is 64.7 Å². The minimum absolute atomic E-state index is 0.0379. The highest BCUT2D eigenvalue weighted by Crippen LogP contribution is 2.25. The number of fused-ring (bicyclic) bond motifs is 1. The normalized spacial score (nSPS) is 15.2. The van der Waals surface area contributed by atoms with E-state index in [2.05, 4.69) is 4.72 Å². The molecule has 0 saturated carbocycles. The maximum absolute atomic E-state index is 12.8. The summed E-state index contributed by atoms with van der Waals surface area (Å²) in [5.41, 5.74) is 2.45. The number of benzene rings is 2. The van der Waals surface area contributed by atoms with Gasteiger partial charge in [0.25, 0.3) is 11.8 Å². The highest BCUT2D eigenvalue weighted by molar-refractivity contribution is 7.89. The van der Waals surface area contributed by atoms with Gasteiger partial charge >= 0.3 is 0 Å². The molecule has 1 heterocycles. The van der Waals surface area contributed by atoms with Gasteiger partial charge in [-0.25, -0.2) is 13.1 Å². The maximum atomic E-state index is 12.8. The summed E-state index contributed by atoms with van der Waals surface area (Å²) < 4.78 is 28.2. The molecule has 0 fully saturated rings. The van der Waals surface area contributed by atoms with Crippen LogP contribution in [0.5, 0.6) is 0 Å². The average Bonchev–Trinajstić information content (AvgIpc) is 2.87. The van der Waals surface area contributed by atoms with Crippen molar-refractivity contribution in [1.29, 1.82) is 0 Å². The Morgan fingerprint density at radius 3 is 2.21 bits per heavy atom. The Balaban J connectivity index is 1.83. The van der Waals surface area contributed by atoms with Crippen molar-refractivity contribution < 1.29 is 18.0 Å². The van der Waals surface area contributed by atoms with Gasteiger partial charge in [0.15, 0.2) is 0 Å². The summed E-state index contributed by atoms with van der Waals surface area (Å²) in [5.74, 6) is -0.924. The number of nitrogens with one attached hydrogen (secondary N) is 1. The molecule has 1 atom stereocenters. The van der Waals surface area contributed by atoms with Crippen molar-refractivity contribution in [2.45, 2.75) is 17.9 Å². The Morgan fingerprint density at radius 1 is 1.00 bits per heavy atom. The smallest absolute Gasteiger partial charge is 0.261 e. The minimum atomic E-state index is -3.84. The van der Waals surface area contributed by atoms with Crippen LogP contribution in [-0.2, 0) is 10.0 Å². The number of aryl methyl sites for hydroxylation is 1. The van der Waals surface area contributed by atoms with Gasteiger partial charge in [-0.3, -0.25) is 14.5 Å². The van der Waals surface area contributed by atoms with E-state index in [1.165, 1.54) is 25.2 Å². The van der Waals surface area contributed by atoms with Crippen LogP contribution >= 0.6 is 0 Å². The van der Waals surface area contributed by atoms with E-state index in [4.69, 9.17) is 0 Å². The molecule has 28 heavy (non-hydrogen) atoms. The summed E-state index contributed by atoms with van der Waals surface area (Å²) in [5, 5.41) is 0. The molecule has 7 nitrogen and oxygen atoms in total. The second-order valence-electron chi connectivity index (χ2n) is 7.12. The van der Waals surface area contributed by atoms with Crippen LogP contribution in [0.3, 0.4) is 0 Å². The van der Waals surface area contributed by atoms with Gasteiger partial charge in [-0.05, 0) is 44.8 Å². The second-order valence-corrected chi connectivity index (χ2v) is 8.89. The van der Waals surface area contributed by atoms with E-state index in [9.17, 15) is 18.0 Å². The predicted octanol–water partition coefficient (Wildman–Crippen LogP) is 1.80. The highest BCUT2D eigenvalue weighted by Gasteiger charge is 2.34. The number of imide groups is 1. The number of amides is 2. The SMILES string of the molecule is Cc1ccc(C(CNS(=O)(=O)c2ccc3c(c2)C(=O)N(C)C3=O)N(C)C)cc1. The van der Waals surface area contributed by atoms with E-state index < -0.39 is 21.8 Å². The third-order valence-corrected chi connectivity index (χ3v) is 6.34. The lowest BCUT2D eigenvalue weighted by atomic mass is 10.0. The fourth-order valence-corrected chi connectivity index (χ4v) is 4.23. The van der Waals surface area contributed by atoms with Gasteiger partial charge in [0.1, 0.15) is 0 Å². The van der Waals surface area contributed by atoms with Crippen LogP contribution in [0.15, 0.2) is 47.4 Å². The number of likely N-dealkylation sites (N-methyl/N-ethyl adjacent to an activating group) is 1. The average molecular weight is 401 g/mol. The van der Waals surface area contributed by atoms with E-state index in [0.717, 1.165) is 16.0 Å². The molecule has 0 aromatic heterocycles. The van der Waals surface area contributed by atoms with Gasteiger partial charge < -0.3 is 4.90 Å². The van der Waals surface area contributed by atoms with E-state index in [0.29, 0.717) is 0 Å². The second kappa shape index (κ2) is 7.46. The molecule has 8 heteroatoms. The number of nitrogens with zero attached hydrogens (tertiary/aromatic N) is 2. The quantitative estimate of drug-likeness (QED) is 0.746. The minimum Gasteiger partial charge on any atom is -0.301 e. The molecular formula is C20H23N3O4S. The lowest BCUT2D eigenvalue weighted by Gasteiger charge is -2.25. The summed E-state index contributed by atoms with van der Waals surface area (Å²) in [6.07, 6.45) is 0. The van der Waals surface area contributed by atoms with Crippen LogP contribution in [0.25, 0.3) is 0 Å². The van der Waals surface area contributed by atoms with Crippen molar-refractivity contribution in [3.8, 4) is 0 Å². The van der Waals surface area contributed by atoms with Crippen LogP contribution in [0.2, 0.25) is 0 Å². The first-order valence-corrected chi connectivity index (χ1v) is 10.3. The van der Waals surface area contributed by atoms with E-state index in [1.807, 2.05) is 50.2 Å². The first kappa shape index (κ1) is 20.2. The maximum Gasteiger partial charge on any atom is 0.261 e. The van der Waals surface area contributed by atoms with Crippen molar-refractivity contribution in [2.24, 2.45) is 0 Å². The van der Waals surface area contributed by atoms with Gasteiger partial charge in [0.05, 0.1) is 16.0 Å². The molecule has 1 unspecified atom stereocenters. The largest absolute Gasteiger partial charge is 0.301 e. The molecule has 0 radical (unpaired) electrons. The standard InChI is InChI=1S/C20H23N3O4S/c1-13-5-7-14(8-6-13)18(22(2)3)12-21-28(26,27)15-9-10-16-17(11-15)20(25)23(4)19(16)24/h5-11,18,21H,12H2,1-4H3. The van der Waals surface area contributed by atoms with Gasteiger partial charge in [-0.15, -0.1) is 0 Å². The molecule has 0 saturated heterocycles. The summed E-state index contributed by atoms with van der Waals surface area (Å²) in [6, 6.07) is 11.8. The molecule has 1 N–H and O–H groups in total. The summed E-state index contributed by atoms with van der Waals surface area (Å²) in [6.45, 7) is 2.16. The first-order valence-electron chi connectivity index (χ1n) is 8.81. The molecule has 1 aliphatic rings. The van der Waals surface area contributed by atoms with Gasteiger partial charge in [-0.2, -0.15) is 0 Å². The zero-order valence-corrected chi connectivity index (χ0v) is 17.1. The van der Waals surface area contributed by atoms with Crippen LogP contribution in [0.4, 0.5) is 0 Å². The fourth-order valence-electron chi connectivity index (χ4n) is 3.17. The van der Waals surface area contributed by atoms with E-state index in [1.54, 1.807) is 0 Å². The Hall–Kier alpha value is -2.55. The molecule has 3 rings (SSSR count). The molecule has 0 spiro atoms. The Bertz CT molecular complexity index is 1030. The van der Waals surface area contributed by atoms with Gasteiger partial charge in [0, 0.05) is 19.6 Å². The van der Waals surface area contributed by atoms with Crippen molar-refractivity contribution in [1.82, 2.24) is 14.5 Å². The molecule has 0 aliphatic carbocycles. The van der Waals surface area contributed by atoms with E-state index >= 15 is 0 Å². The summed E-state index contributed by atoms with van der Waals surface area (Å²) in [7, 11) is 1.30. The molecule has 2 aromatic carbocycles. The Labute approximate surface area is 165 Å². The van der Waals surface area contributed by atoms with Crippen LogP contribution < -0.4 is 4.72 Å².